The van der Waals surface area contributed by atoms with Gasteiger partial charge in [0.1, 0.15) is 5.75 Å². The number of aliphatic hydroxyl groups excluding tert-OH is 1. The molecule has 1 saturated carbocycles. The minimum Gasteiger partial charge on any atom is -0.497 e. The SMILES string of the molecule is COc1ccc(S(=O)(=O)N(CCO)CCO[C@H]2C[C@@H](C(C)(C)C)C=C(C(=O)N(C)C3CCCCC3)O2)cc1. The first-order valence-electron chi connectivity index (χ1n) is 13.5. The molecule has 0 radical (unpaired) electrons. The summed E-state index contributed by atoms with van der Waals surface area (Å²) in [6.45, 7) is 6.05. The molecule has 2 aliphatic rings. The number of benzene rings is 1. The Morgan fingerprint density at radius 3 is 2.34 bits per heavy atom. The van der Waals surface area contributed by atoms with Crippen molar-refractivity contribution in [3.05, 3.63) is 36.1 Å². The van der Waals surface area contributed by atoms with Crippen LogP contribution in [-0.4, -0.2) is 81.4 Å². The van der Waals surface area contributed by atoms with Gasteiger partial charge < -0.3 is 24.2 Å². The van der Waals surface area contributed by atoms with Crippen molar-refractivity contribution in [1.82, 2.24) is 9.21 Å². The first-order chi connectivity index (χ1) is 18.0. The van der Waals surface area contributed by atoms with Crippen LogP contribution < -0.4 is 4.74 Å². The van der Waals surface area contributed by atoms with Gasteiger partial charge in [-0.1, -0.05) is 40.0 Å². The van der Waals surface area contributed by atoms with E-state index in [9.17, 15) is 18.3 Å². The molecular weight excluding hydrogens is 508 g/mol. The van der Waals surface area contributed by atoms with Crippen molar-refractivity contribution in [3.8, 4) is 5.75 Å². The Hall–Kier alpha value is -2.14. The lowest BCUT2D eigenvalue weighted by atomic mass is 9.77. The van der Waals surface area contributed by atoms with Crippen molar-refractivity contribution in [2.45, 2.75) is 76.5 Å². The summed E-state index contributed by atoms with van der Waals surface area (Å²) in [7, 11) is -0.493. The van der Waals surface area contributed by atoms with Crippen molar-refractivity contribution in [2.75, 3.05) is 40.5 Å². The van der Waals surface area contributed by atoms with E-state index in [2.05, 4.69) is 20.8 Å². The van der Waals surface area contributed by atoms with Gasteiger partial charge in [-0.3, -0.25) is 4.79 Å². The van der Waals surface area contributed by atoms with Gasteiger partial charge in [0.15, 0.2) is 5.76 Å². The number of rotatable bonds is 11. The molecule has 214 valence electrons. The third-order valence-electron chi connectivity index (χ3n) is 7.51. The number of hydrogen-bond acceptors (Lipinski definition) is 7. The average molecular weight is 553 g/mol. The average Bonchev–Trinajstić information content (AvgIpc) is 2.91. The summed E-state index contributed by atoms with van der Waals surface area (Å²) in [5.41, 5.74) is -0.110. The monoisotopic (exact) mass is 552 g/mol. The zero-order chi connectivity index (χ0) is 27.9. The molecule has 10 heteroatoms. The molecule has 9 nitrogen and oxygen atoms in total. The zero-order valence-corrected chi connectivity index (χ0v) is 24.2. The van der Waals surface area contributed by atoms with Crippen LogP contribution in [-0.2, 0) is 24.3 Å². The van der Waals surface area contributed by atoms with Crippen molar-refractivity contribution in [2.24, 2.45) is 11.3 Å². The first kappa shape index (κ1) is 30.4. The van der Waals surface area contributed by atoms with Crippen molar-refractivity contribution in [3.63, 3.8) is 0 Å². The van der Waals surface area contributed by atoms with Crippen LogP contribution in [0.1, 0.15) is 59.3 Å². The van der Waals surface area contributed by atoms with Gasteiger partial charge in [-0.15, -0.1) is 0 Å². The molecule has 1 N–H and O–H groups in total. The van der Waals surface area contributed by atoms with Crippen LogP contribution in [0.3, 0.4) is 0 Å². The number of sulfonamides is 1. The maximum atomic E-state index is 13.4. The van der Waals surface area contributed by atoms with Crippen LogP contribution in [0, 0.1) is 11.3 Å². The van der Waals surface area contributed by atoms with E-state index < -0.39 is 16.3 Å². The minimum absolute atomic E-state index is 0.0317. The summed E-state index contributed by atoms with van der Waals surface area (Å²) in [5.74, 6) is 0.767. The van der Waals surface area contributed by atoms with E-state index in [1.54, 1.807) is 17.0 Å². The van der Waals surface area contributed by atoms with Crippen LogP contribution in [0.5, 0.6) is 5.75 Å². The molecule has 38 heavy (non-hydrogen) atoms. The summed E-state index contributed by atoms with van der Waals surface area (Å²) in [5, 5.41) is 9.52. The summed E-state index contributed by atoms with van der Waals surface area (Å²) in [4.78, 5) is 15.3. The molecule has 0 aromatic heterocycles. The Morgan fingerprint density at radius 1 is 1.11 bits per heavy atom. The molecule has 1 fully saturated rings. The topological polar surface area (TPSA) is 106 Å². The van der Waals surface area contributed by atoms with Gasteiger partial charge in [0, 0.05) is 32.6 Å². The fraction of sp³-hybridized carbons (Fsp3) is 0.679. The summed E-state index contributed by atoms with van der Waals surface area (Å²) in [6, 6.07) is 6.33. The molecule has 1 heterocycles. The van der Waals surface area contributed by atoms with E-state index in [4.69, 9.17) is 14.2 Å². The van der Waals surface area contributed by atoms with Crippen molar-refractivity contribution >= 4 is 15.9 Å². The normalized spacial score (nSPS) is 21.1. The summed E-state index contributed by atoms with van der Waals surface area (Å²) in [6.07, 6.45) is 7.27. The highest BCUT2D eigenvalue weighted by molar-refractivity contribution is 7.89. The Balaban J connectivity index is 1.67. The molecule has 1 aliphatic carbocycles. The third kappa shape index (κ3) is 7.71. The van der Waals surface area contributed by atoms with Gasteiger partial charge in [-0.05, 0) is 54.5 Å². The van der Waals surface area contributed by atoms with Crippen LogP contribution in [0.15, 0.2) is 41.0 Å². The van der Waals surface area contributed by atoms with Gasteiger partial charge in [0.25, 0.3) is 5.91 Å². The second kappa shape index (κ2) is 13.3. The number of aliphatic hydroxyl groups is 1. The summed E-state index contributed by atoms with van der Waals surface area (Å²) < 4.78 is 44.7. The predicted octanol–water partition coefficient (Wildman–Crippen LogP) is 3.78. The van der Waals surface area contributed by atoms with E-state index in [0.29, 0.717) is 17.9 Å². The zero-order valence-electron chi connectivity index (χ0n) is 23.4. The Labute approximate surface area is 227 Å². The summed E-state index contributed by atoms with van der Waals surface area (Å²) >= 11 is 0. The van der Waals surface area contributed by atoms with Crippen molar-refractivity contribution < 1.29 is 32.5 Å². The highest BCUT2D eigenvalue weighted by atomic mass is 32.2. The van der Waals surface area contributed by atoms with E-state index in [1.807, 2.05) is 13.1 Å². The number of methoxy groups -OCH3 is 1. The van der Waals surface area contributed by atoms with Gasteiger partial charge >= 0.3 is 0 Å². The maximum Gasteiger partial charge on any atom is 0.288 e. The first-order valence-corrected chi connectivity index (χ1v) is 14.9. The minimum atomic E-state index is -3.85. The van der Waals surface area contributed by atoms with E-state index in [0.717, 1.165) is 25.7 Å². The van der Waals surface area contributed by atoms with Crippen LogP contribution >= 0.6 is 0 Å². The van der Waals surface area contributed by atoms with Crippen LogP contribution in [0.4, 0.5) is 0 Å². The highest BCUT2D eigenvalue weighted by Gasteiger charge is 2.36. The fourth-order valence-corrected chi connectivity index (χ4v) is 6.38. The number of carbonyl (C=O) groups excluding carboxylic acids is 1. The maximum absolute atomic E-state index is 13.4. The highest BCUT2D eigenvalue weighted by Crippen LogP contribution is 2.37. The number of hydrogen-bond donors (Lipinski definition) is 1. The molecule has 1 amide bonds. The predicted molar refractivity (Wildman–Crippen MR) is 145 cm³/mol. The third-order valence-corrected chi connectivity index (χ3v) is 9.43. The Kier molecular flexibility index (Phi) is 10.6. The van der Waals surface area contributed by atoms with Gasteiger partial charge in [0.2, 0.25) is 16.3 Å². The molecule has 1 aromatic carbocycles. The lowest BCUT2D eigenvalue weighted by Crippen LogP contribution is -2.42. The lowest BCUT2D eigenvalue weighted by molar-refractivity contribution is -0.159. The van der Waals surface area contributed by atoms with Crippen molar-refractivity contribution in [1.29, 1.82) is 0 Å². The number of nitrogens with zero attached hydrogens (tertiary/aromatic N) is 2. The quantitative estimate of drug-likeness (QED) is 0.445. The standard InChI is InChI=1S/C28H44N2O7S/c1-28(2,3)21-19-25(27(32)29(4)22-9-7-6-8-10-22)37-26(20-21)36-18-16-30(15-17-31)38(33,34)24-13-11-23(35-5)12-14-24/h11-14,19,21-22,26,31H,6-10,15-18,20H2,1-5H3/t21-,26+/m0/s1. The van der Waals surface area contributed by atoms with Gasteiger partial charge in [-0.25, -0.2) is 8.42 Å². The number of likely N-dealkylation sites (N-methyl/N-ethyl adjacent to an activating group) is 1. The molecule has 1 aliphatic heterocycles. The molecule has 0 spiro atoms. The Bertz CT molecular complexity index is 1040. The van der Waals surface area contributed by atoms with Crippen LogP contribution in [0.2, 0.25) is 0 Å². The molecule has 2 atom stereocenters. The number of ether oxygens (including phenoxy) is 3. The van der Waals surface area contributed by atoms with E-state index in [-0.39, 0.29) is 54.5 Å². The van der Waals surface area contributed by atoms with E-state index in [1.165, 1.54) is 30.0 Å². The molecule has 3 rings (SSSR count). The second-order valence-corrected chi connectivity index (χ2v) is 13.1. The second-order valence-electron chi connectivity index (χ2n) is 11.2. The number of allylic oxidation sites excluding steroid dienone is 1. The van der Waals surface area contributed by atoms with Gasteiger partial charge in [0.05, 0.1) is 25.2 Å². The Morgan fingerprint density at radius 2 is 1.76 bits per heavy atom. The largest absolute Gasteiger partial charge is 0.497 e. The molecule has 0 unspecified atom stereocenters. The molecule has 0 bridgehead atoms. The van der Waals surface area contributed by atoms with E-state index >= 15 is 0 Å². The van der Waals surface area contributed by atoms with Crippen LogP contribution in [0.25, 0.3) is 0 Å². The molecule has 0 saturated heterocycles. The van der Waals surface area contributed by atoms with Gasteiger partial charge in [-0.2, -0.15) is 4.31 Å². The number of carbonyl (C=O) groups is 1. The fourth-order valence-electron chi connectivity index (χ4n) is 4.97. The smallest absolute Gasteiger partial charge is 0.288 e. The lowest BCUT2D eigenvalue weighted by Gasteiger charge is -2.38. The number of amides is 1. The molecule has 1 aromatic rings. The molecular formula is C28H44N2O7S.